The second-order valence-corrected chi connectivity index (χ2v) is 2.92. The van der Waals surface area contributed by atoms with Crippen molar-refractivity contribution in [2.75, 3.05) is 21.3 Å². The summed E-state index contributed by atoms with van der Waals surface area (Å²) in [5.74, 6) is -1.10. The van der Waals surface area contributed by atoms with Crippen LogP contribution in [0.4, 0.5) is 0 Å². The van der Waals surface area contributed by atoms with Gasteiger partial charge in [-0.2, -0.15) is 0 Å². The SMILES string of the molecule is COC(OC)(OC)c1cncs1. The molecule has 1 aromatic heterocycles. The average molecular weight is 189 g/mol. The van der Waals surface area contributed by atoms with Gasteiger partial charge in [-0.25, -0.2) is 0 Å². The van der Waals surface area contributed by atoms with E-state index in [0.717, 1.165) is 4.88 Å². The Balaban J connectivity index is 2.93. The summed E-state index contributed by atoms with van der Waals surface area (Å²) in [6.45, 7) is 0. The second-order valence-electron chi connectivity index (χ2n) is 2.03. The van der Waals surface area contributed by atoms with Crippen LogP contribution >= 0.6 is 11.3 Å². The summed E-state index contributed by atoms with van der Waals surface area (Å²) in [7, 11) is 4.56. The first-order valence-electron chi connectivity index (χ1n) is 3.33. The molecule has 0 aliphatic carbocycles. The molecule has 0 aliphatic rings. The number of ether oxygens (including phenoxy) is 3. The van der Waals surface area contributed by atoms with Gasteiger partial charge in [0.1, 0.15) is 4.88 Å². The molecule has 0 saturated heterocycles. The lowest BCUT2D eigenvalue weighted by atomic mass is 10.4. The van der Waals surface area contributed by atoms with E-state index < -0.39 is 5.97 Å². The number of methoxy groups -OCH3 is 3. The number of nitrogens with zero attached hydrogens (tertiary/aromatic N) is 1. The van der Waals surface area contributed by atoms with E-state index in [-0.39, 0.29) is 0 Å². The molecule has 5 heteroatoms. The van der Waals surface area contributed by atoms with Gasteiger partial charge in [0.2, 0.25) is 0 Å². The molecule has 0 atom stereocenters. The number of hydrogen-bond donors (Lipinski definition) is 0. The Morgan fingerprint density at radius 1 is 1.25 bits per heavy atom. The van der Waals surface area contributed by atoms with Crippen molar-refractivity contribution in [3.63, 3.8) is 0 Å². The van der Waals surface area contributed by atoms with Gasteiger partial charge in [0, 0.05) is 27.5 Å². The van der Waals surface area contributed by atoms with Crippen molar-refractivity contribution in [3.8, 4) is 0 Å². The Hall–Kier alpha value is -0.490. The molecule has 1 aromatic rings. The van der Waals surface area contributed by atoms with E-state index in [1.807, 2.05) is 0 Å². The van der Waals surface area contributed by atoms with Crippen LogP contribution < -0.4 is 0 Å². The van der Waals surface area contributed by atoms with Gasteiger partial charge in [-0.05, 0) is 0 Å². The normalized spacial score (nSPS) is 11.9. The van der Waals surface area contributed by atoms with Crippen molar-refractivity contribution in [3.05, 3.63) is 16.6 Å². The van der Waals surface area contributed by atoms with E-state index in [4.69, 9.17) is 14.2 Å². The summed E-state index contributed by atoms with van der Waals surface area (Å²) in [6, 6.07) is 0. The van der Waals surface area contributed by atoms with Gasteiger partial charge in [-0.1, -0.05) is 0 Å². The largest absolute Gasteiger partial charge is 0.326 e. The maximum atomic E-state index is 5.11. The lowest BCUT2D eigenvalue weighted by Crippen LogP contribution is -2.31. The molecule has 12 heavy (non-hydrogen) atoms. The summed E-state index contributed by atoms with van der Waals surface area (Å²) in [5, 5.41) is 0. The third-order valence-corrected chi connectivity index (χ3v) is 2.38. The van der Waals surface area contributed by atoms with Crippen molar-refractivity contribution in [1.29, 1.82) is 0 Å². The van der Waals surface area contributed by atoms with Gasteiger partial charge in [0.05, 0.1) is 5.51 Å². The van der Waals surface area contributed by atoms with Crippen LogP contribution in [0.1, 0.15) is 4.88 Å². The molecule has 0 spiro atoms. The van der Waals surface area contributed by atoms with Crippen LogP contribution in [-0.2, 0) is 20.2 Å². The van der Waals surface area contributed by atoms with Crippen molar-refractivity contribution in [1.82, 2.24) is 4.98 Å². The smallest absolute Gasteiger partial charge is 0.322 e. The summed E-state index contributed by atoms with van der Waals surface area (Å²) < 4.78 is 15.3. The quantitative estimate of drug-likeness (QED) is 0.667. The summed E-state index contributed by atoms with van der Waals surface area (Å²) in [6.07, 6.45) is 1.65. The maximum Gasteiger partial charge on any atom is 0.322 e. The fraction of sp³-hybridized carbons (Fsp3) is 0.571. The fourth-order valence-electron chi connectivity index (χ4n) is 0.919. The van der Waals surface area contributed by atoms with E-state index in [9.17, 15) is 0 Å². The summed E-state index contributed by atoms with van der Waals surface area (Å²) in [5.41, 5.74) is 1.70. The third kappa shape index (κ3) is 1.49. The molecule has 0 amide bonds. The molecule has 1 heterocycles. The van der Waals surface area contributed by atoms with Crippen LogP contribution in [0.3, 0.4) is 0 Å². The van der Waals surface area contributed by atoms with Crippen LogP contribution in [0.2, 0.25) is 0 Å². The van der Waals surface area contributed by atoms with Gasteiger partial charge in [-0.3, -0.25) is 4.98 Å². The topological polar surface area (TPSA) is 40.6 Å². The molecule has 68 valence electrons. The minimum Gasteiger partial charge on any atom is -0.326 e. The Kier molecular flexibility index (Phi) is 3.16. The molecule has 0 bridgehead atoms. The van der Waals surface area contributed by atoms with Gasteiger partial charge in [0.15, 0.2) is 0 Å². The standard InChI is InChI=1S/C7H11NO3S/c1-9-7(10-2,11-3)6-4-8-5-12-6/h4-5H,1-3H3. The number of thiazole rings is 1. The Morgan fingerprint density at radius 3 is 2.17 bits per heavy atom. The summed E-state index contributed by atoms with van der Waals surface area (Å²) in [4.78, 5) is 4.70. The van der Waals surface area contributed by atoms with Crippen molar-refractivity contribution in [2.24, 2.45) is 0 Å². The predicted molar refractivity (Wildman–Crippen MR) is 44.8 cm³/mol. The Labute approximate surface area is 75.1 Å². The highest BCUT2D eigenvalue weighted by atomic mass is 32.1. The lowest BCUT2D eigenvalue weighted by molar-refractivity contribution is -0.362. The van der Waals surface area contributed by atoms with Crippen LogP contribution in [0.25, 0.3) is 0 Å². The first-order chi connectivity index (χ1) is 5.79. The number of hydrogen-bond acceptors (Lipinski definition) is 5. The highest BCUT2D eigenvalue weighted by Gasteiger charge is 2.33. The minimum absolute atomic E-state index is 0.787. The highest BCUT2D eigenvalue weighted by molar-refractivity contribution is 7.09. The van der Waals surface area contributed by atoms with E-state index in [2.05, 4.69) is 4.98 Å². The Bertz CT molecular complexity index is 212. The van der Waals surface area contributed by atoms with Crippen molar-refractivity contribution < 1.29 is 14.2 Å². The molecule has 1 rings (SSSR count). The zero-order chi connectivity index (χ0) is 9.03. The van der Waals surface area contributed by atoms with E-state index in [1.165, 1.54) is 32.7 Å². The molecular weight excluding hydrogens is 178 g/mol. The lowest BCUT2D eigenvalue weighted by Gasteiger charge is -2.26. The highest BCUT2D eigenvalue weighted by Crippen LogP contribution is 2.29. The zero-order valence-electron chi connectivity index (χ0n) is 7.23. The molecule has 0 N–H and O–H groups in total. The molecule has 0 aliphatic heterocycles. The molecule has 0 aromatic carbocycles. The van der Waals surface area contributed by atoms with Gasteiger partial charge >= 0.3 is 5.97 Å². The van der Waals surface area contributed by atoms with Gasteiger partial charge in [0.25, 0.3) is 0 Å². The van der Waals surface area contributed by atoms with Gasteiger partial charge < -0.3 is 14.2 Å². The summed E-state index contributed by atoms with van der Waals surface area (Å²) >= 11 is 1.42. The average Bonchev–Trinajstić information content (AvgIpc) is 2.62. The fourth-order valence-corrected chi connectivity index (χ4v) is 1.67. The number of rotatable bonds is 4. The number of aromatic nitrogens is 1. The van der Waals surface area contributed by atoms with Crippen molar-refractivity contribution >= 4 is 11.3 Å². The van der Waals surface area contributed by atoms with Crippen molar-refractivity contribution in [2.45, 2.75) is 5.97 Å². The van der Waals surface area contributed by atoms with Crippen LogP contribution in [-0.4, -0.2) is 26.3 Å². The first-order valence-corrected chi connectivity index (χ1v) is 4.21. The maximum absolute atomic E-state index is 5.11. The predicted octanol–water partition coefficient (Wildman–Crippen LogP) is 1.19. The third-order valence-electron chi connectivity index (χ3n) is 1.54. The molecule has 0 radical (unpaired) electrons. The molecular formula is C7H11NO3S. The van der Waals surface area contributed by atoms with Crippen LogP contribution in [0.15, 0.2) is 11.7 Å². The minimum atomic E-state index is -1.10. The monoisotopic (exact) mass is 189 g/mol. The van der Waals surface area contributed by atoms with E-state index in [1.54, 1.807) is 11.7 Å². The molecule has 0 fully saturated rings. The first kappa shape index (κ1) is 9.60. The van der Waals surface area contributed by atoms with E-state index >= 15 is 0 Å². The van der Waals surface area contributed by atoms with Crippen LogP contribution in [0, 0.1) is 0 Å². The van der Waals surface area contributed by atoms with E-state index in [0.29, 0.717) is 0 Å². The molecule has 0 unspecified atom stereocenters. The molecule has 0 saturated carbocycles. The molecule has 4 nitrogen and oxygen atoms in total. The second kappa shape index (κ2) is 3.95. The zero-order valence-corrected chi connectivity index (χ0v) is 8.05. The Morgan fingerprint density at radius 2 is 1.83 bits per heavy atom. The van der Waals surface area contributed by atoms with Crippen LogP contribution in [0.5, 0.6) is 0 Å². The van der Waals surface area contributed by atoms with Gasteiger partial charge in [-0.15, -0.1) is 11.3 Å².